The van der Waals surface area contributed by atoms with Gasteiger partial charge in [-0.25, -0.2) is 4.39 Å². The van der Waals surface area contributed by atoms with E-state index in [1.807, 2.05) is 18.2 Å². The third-order valence-electron chi connectivity index (χ3n) is 3.86. The summed E-state index contributed by atoms with van der Waals surface area (Å²) in [6, 6.07) is 12.2. The second kappa shape index (κ2) is 7.15. The van der Waals surface area contributed by atoms with Crippen LogP contribution in [0.1, 0.15) is 33.9 Å². The molecule has 0 saturated carbocycles. The minimum atomic E-state index is -0.213. The highest BCUT2D eigenvalue weighted by molar-refractivity contribution is 7.99. The molecule has 120 valence electrons. The topological polar surface area (TPSA) is 38.3 Å². The number of thioether (sulfide) groups is 1. The van der Waals surface area contributed by atoms with Gasteiger partial charge < -0.3 is 10.1 Å². The SMILES string of the molecule is COCc1ccc(C(=O)NC2CCSc3c(F)cccc32)cc1. The van der Waals surface area contributed by atoms with E-state index in [4.69, 9.17) is 4.74 Å². The van der Waals surface area contributed by atoms with Gasteiger partial charge in [0, 0.05) is 23.3 Å². The molecule has 0 fully saturated rings. The number of amides is 1. The van der Waals surface area contributed by atoms with Crippen LogP contribution in [0.2, 0.25) is 0 Å². The van der Waals surface area contributed by atoms with Crippen LogP contribution in [0.5, 0.6) is 0 Å². The van der Waals surface area contributed by atoms with Crippen molar-refractivity contribution < 1.29 is 13.9 Å². The van der Waals surface area contributed by atoms with Crippen molar-refractivity contribution in [1.82, 2.24) is 5.32 Å². The molecule has 1 unspecified atom stereocenters. The van der Waals surface area contributed by atoms with Gasteiger partial charge in [-0.05, 0) is 35.7 Å². The first-order chi connectivity index (χ1) is 11.2. The predicted octanol–water partition coefficient (Wildman–Crippen LogP) is 3.94. The molecular weight excluding hydrogens is 313 g/mol. The quantitative estimate of drug-likeness (QED) is 0.922. The fourth-order valence-electron chi connectivity index (χ4n) is 2.70. The summed E-state index contributed by atoms with van der Waals surface area (Å²) in [6.07, 6.45) is 0.800. The lowest BCUT2D eigenvalue weighted by Gasteiger charge is -2.26. The van der Waals surface area contributed by atoms with Crippen LogP contribution in [0, 0.1) is 5.82 Å². The van der Waals surface area contributed by atoms with Crippen molar-refractivity contribution in [1.29, 1.82) is 0 Å². The predicted molar refractivity (Wildman–Crippen MR) is 89.1 cm³/mol. The van der Waals surface area contributed by atoms with Crippen LogP contribution >= 0.6 is 11.8 Å². The summed E-state index contributed by atoms with van der Waals surface area (Å²) >= 11 is 1.51. The van der Waals surface area contributed by atoms with Crippen LogP contribution in [-0.2, 0) is 11.3 Å². The number of benzene rings is 2. The Balaban J connectivity index is 1.75. The third kappa shape index (κ3) is 3.57. The van der Waals surface area contributed by atoms with Gasteiger partial charge in [-0.1, -0.05) is 24.3 Å². The Morgan fingerprint density at radius 2 is 2.09 bits per heavy atom. The van der Waals surface area contributed by atoms with Crippen LogP contribution in [0.3, 0.4) is 0 Å². The first-order valence-electron chi connectivity index (χ1n) is 7.49. The maximum Gasteiger partial charge on any atom is 0.251 e. The standard InChI is InChI=1S/C18H18FNO2S/c1-22-11-12-5-7-13(8-6-12)18(21)20-16-9-10-23-17-14(16)3-2-4-15(17)19/h2-8,16H,9-11H2,1H3,(H,20,21). The van der Waals surface area contributed by atoms with Crippen LogP contribution in [-0.4, -0.2) is 18.8 Å². The van der Waals surface area contributed by atoms with Crippen molar-refractivity contribution >= 4 is 17.7 Å². The number of carbonyl (C=O) groups excluding carboxylic acids is 1. The number of methoxy groups -OCH3 is 1. The largest absolute Gasteiger partial charge is 0.380 e. The van der Waals surface area contributed by atoms with Crippen LogP contribution in [0.25, 0.3) is 0 Å². The molecule has 0 spiro atoms. The molecule has 1 aliphatic heterocycles. The fraction of sp³-hybridized carbons (Fsp3) is 0.278. The molecule has 1 aliphatic rings. The Morgan fingerprint density at radius 3 is 2.83 bits per heavy atom. The van der Waals surface area contributed by atoms with Gasteiger partial charge in [0.2, 0.25) is 0 Å². The number of carbonyl (C=O) groups is 1. The maximum atomic E-state index is 13.9. The van der Waals surface area contributed by atoms with E-state index in [1.165, 1.54) is 17.8 Å². The summed E-state index contributed by atoms with van der Waals surface area (Å²) in [4.78, 5) is 13.1. The van der Waals surface area contributed by atoms with Gasteiger partial charge in [0.1, 0.15) is 5.82 Å². The molecular formula is C18H18FNO2S. The highest BCUT2D eigenvalue weighted by Crippen LogP contribution is 2.37. The lowest BCUT2D eigenvalue weighted by molar-refractivity contribution is 0.0934. The average molecular weight is 331 g/mol. The molecule has 1 amide bonds. The van der Waals surface area contributed by atoms with E-state index in [9.17, 15) is 9.18 Å². The Hall–Kier alpha value is -1.85. The Kier molecular flexibility index (Phi) is 4.98. The van der Waals surface area contributed by atoms with Crippen molar-refractivity contribution in [2.45, 2.75) is 24.0 Å². The molecule has 0 radical (unpaired) electrons. The summed E-state index contributed by atoms with van der Waals surface area (Å²) in [6.45, 7) is 0.522. The second-order valence-electron chi connectivity index (χ2n) is 5.45. The molecule has 0 saturated heterocycles. The summed E-state index contributed by atoms with van der Waals surface area (Å²) in [7, 11) is 1.64. The van der Waals surface area contributed by atoms with Crippen LogP contribution in [0.4, 0.5) is 4.39 Å². The number of ether oxygens (including phenoxy) is 1. The minimum Gasteiger partial charge on any atom is -0.380 e. The number of fused-ring (bicyclic) bond motifs is 1. The van der Waals surface area contributed by atoms with Gasteiger partial charge >= 0.3 is 0 Å². The molecule has 2 aromatic rings. The molecule has 0 bridgehead atoms. The summed E-state index contributed by atoms with van der Waals surface area (Å²) in [5, 5.41) is 3.02. The molecule has 3 nitrogen and oxygen atoms in total. The smallest absolute Gasteiger partial charge is 0.251 e. The van der Waals surface area contributed by atoms with Gasteiger partial charge in [0.05, 0.1) is 12.6 Å². The van der Waals surface area contributed by atoms with Crippen molar-refractivity contribution in [3.8, 4) is 0 Å². The summed E-state index contributed by atoms with van der Waals surface area (Å²) in [5.74, 6) is 0.447. The van der Waals surface area contributed by atoms with E-state index >= 15 is 0 Å². The number of rotatable bonds is 4. The second-order valence-corrected chi connectivity index (χ2v) is 6.56. The molecule has 1 N–H and O–H groups in total. The summed E-state index contributed by atoms with van der Waals surface area (Å²) < 4.78 is 18.9. The highest BCUT2D eigenvalue weighted by Gasteiger charge is 2.24. The van der Waals surface area contributed by atoms with Gasteiger partial charge in [-0.15, -0.1) is 11.8 Å². The van der Waals surface area contributed by atoms with Gasteiger partial charge in [-0.3, -0.25) is 4.79 Å². The maximum absolute atomic E-state index is 13.9. The molecule has 2 aromatic carbocycles. The molecule has 0 aromatic heterocycles. The van der Waals surface area contributed by atoms with Crippen LogP contribution < -0.4 is 5.32 Å². The Bertz CT molecular complexity index is 703. The van der Waals surface area contributed by atoms with E-state index < -0.39 is 0 Å². The van der Waals surface area contributed by atoms with E-state index in [1.54, 1.807) is 25.3 Å². The molecule has 1 atom stereocenters. The molecule has 3 rings (SSSR count). The fourth-order valence-corrected chi connectivity index (χ4v) is 3.84. The first kappa shape index (κ1) is 16.0. The minimum absolute atomic E-state index is 0.138. The lowest BCUT2D eigenvalue weighted by Crippen LogP contribution is -2.30. The number of halogens is 1. The van der Waals surface area contributed by atoms with Gasteiger partial charge in [0.15, 0.2) is 0 Å². The molecule has 23 heavy (non-hydrogen) atoms. The zero-order valence-corrected chi connectivity index (χ0v) is 13.7. The van der Waals surface area contributed by atoms with Crippen LogP contribution in [0.15, 0.2) is 47.4 Å². The monoisotopic (exact) mass is 331 g/mol. The average Bonchev–Trinajstić information content (AvgIpc) is 2.57. The van der Waals surface area contributed by atoms with E-state index in [0.29, 0.717) is 17.1 Å². The van der Waals surface area contributed by atoms with Gasteiger partial charge in [0.25, 0.3) is 5.91 Å². The number of hydrogen-bond donors (Lipinski definition) is 1. The highest BCUT2D eigenvalue weighted by atomic mass is 32.2. The number of nitrogens with one attached hydrogen (secondary N) is 1. The van der Waals surface area contributed by atoms with E-state index in [2.05, 4.69) is 5.32 Å². The van der Waals surface area contributed by atoms with E-state index in [0.717, 1.165) is 23.3 Å². The summed E-state index contributed by atoms with van der Waals surface area (Å²) in [5.41, 5.74) is 2.48. The normalized spacial score (nSPS) is 16.7. The number of hydrogen-bond acceptors (Lipinski definition) is 3. The first-order valence-corrected chi connectivity index (χ1v) is 8.47. The van der Waals surface area contributed by atoms with Gasteiger partial charge in [-0.2, -0.15) is 0 Å². The van der Waals surface area contributed by atoms with E-state index in [-0.39, 0.29) is 17.8 Å². The molecule has 1 heterocycles. The third-order valence-corrected chi connectivity index (χ3v) is 5.02. The zero-order chi connectivity index (χ0) is 16.2. The molecule has 5 heteroatoms. The Morgan fingerprint density at radius 1 is 1.30 bits per heavy atom. The van der Waals surface area contributed by atoms with Crippen molar-refractivity contribution in [3.63, 3.8) is 0 Å². The van der Waals surface area contributed by atoms with Crippen molar-refractivity contribution in [2.75, 3.05) is 12.9 Å². The van der Waals surface area contributed by atoms with Crippen molar-refractivity contribution in [2.24, 2.45) is 0 Å². The Labute approximate surface area is 139 Å². The van der Waals surface area contributed by atoms with Crippen molar-refractivity contribution in [3.05, 3.63) is 65.0 Å². The lowest BCUT2D eigenvalue weighted by atomic mass is 10.0. The molecule has 0 aliphatic carbocycles. The zero-order valence-electron chi connectivity index (χ0n) is 12.8.